The predicted octanol–water partition coefficient (Wildman–Crippen LogP) is 3.70. The van der Waals surface area contributed by atoms with Crippen LogP contribution in [0.15, 0.2) is 12.1 Å². The first kappa shape index (κ1) is 17.2. The summed E-state index contributed by atoms with van der Waals surface area (Å²) in [7, 11) is 0. The Morgan fingerprint density at radius 3 is 2.32 bits per heavy atom. The van der Waals surface area contributed by atoms with Gasteiger partial charge in [0, 0.05) is 23.7 Å². The van der Waals surface area contributed by atoms with E-state index in [-0.39, 0.29) is 5.54 Å². The summed E-state index contributed by atoms with van der Waals surface area (Å²) in [5.74, 6) is 1.06. The molecule has 0 radical (unpaired) electrons. The smallest absolute Gasteiger partial charge is 0.151 e. The van der Waals surface area contributed by atoms with Crippen LogP contribution in [-0.2, 0) is 0 Å². The van der Waals surface area contributed by atoms with E-state index >= 15 is 0 Å². The first-order chi connectivity index (χ1) is 10.4. The van der Waals surface area contributed by atoms with Crippen molar-refractivity contribution in [2.24, 2.45) is 0 Å². The average molecular weight is 304 g/mol. The van der Waals surface area contributed by atoms with Crippen molar-refractivity contribution in [1.29, 1.82) is 0 Å². The fraction of sp³-hybridized carbons (Fsp3) is 0.778. The van der Waals surface area contributed by atoms with Crippen LogP contribution in [0.3, 0.4) is 0 Å². The number of aryl methyl sites for hydroxylation is 1. The Balaban J connectivity index is 0.000000847. The molecule has 2 atom stereocenters. The van der Waals surface area contributed by atoms with E-state index in [9.17, 15) is 0 Å². The SMILES string of the molecule is CC.Cc1ccc(N(C2CC2)C2CC(C)NC(C)(C)C2)nn1. The Kier molecular flexibility index (Phi) is 5.43. The van der Waals surface area contributed by atoms with E-state index in [0.29, 0.717) is 18.1 Å². The molecular formula is C18H32N4. The molecule has 0 spiro atoms. The van der Waals surface area contributed by atoms with Crippen LogP contribution < -0.4 is 10.2 Å². The molecule has 1 N–H and O–H groups in total. The van der Waals surface area contributed by atoms with Crippen LogP contribution in [0.25, 0.3) is 0 Å². The molecule has 124 valence electrons. The van der Waals surface area contributed by atoms with E-state index in [2.05, 4.69) is 53.3 Å². The third-order valence-corrected chi connectivity index (χ3v) is 4.39. The zero-order chi connectivity index (χ0) is 16.3. The van der Waals surface area contributed by atoms with Gasteiger partial charge >= 0.3 is 0 Å². The van der Waals surface area contributed by atoms with Gasteiger partial charge in [-0.25, -0.2) is 0 Å². The largest absolute Gasteiger partial charge is 0.349 e. The molecular weight excluding hydrogens is 272 g/mol. The zero-order valence-electron chi connectivity index (χ0n) is 15.1. The van der Waals surface area contributed by atoms with E-state index in [1.165, 1.54) is 25.7 Å². The zero-order valence-corrected chi connectivity index (χ0v) is 15.1. The summed E-state index contributed by atoms with van der Waals surface area (Å²) >= 11 is 0. The number of nitrogens with zero attached hydrogens (tertiary/aromatic N) is 3. The molecule has 3 rings (SSSR count). The van der Waals surface area contributed by atoms with E-state index < -0.39 is 0 Å². The lowest BCUT2D eigenvalue weighted by atomic mass is 9.85. The summed E-state index contributed by atoms with van der Waals surface area (Å²) < 4.78 is 0. The first-order valence-corrected chi connectivity index (χ1v) is 8.81. The summed E-state index contributed by atoms with van der Waals surface area (Å²) in [4.78, 5) is 2.55. The van der Waals surface area contributed by atoms with Crippen molar-refractivity contribution < 1.29 is 0 Å². The highest BCUT2D eigenvalue weighted by Crippen LogP contribution is 2.37. The molecule has 1 aromatic rings. The summed E-state index contributed by atoms with van der Waals surface area (Å²) in [6, 6.07) is 6.03. The maximum absolute atomic E-state index is 4.44. The number of rotatable bonds is 3. The number of aromatic nitrogens is 2. The van der Waals surface area contributed by atoms with E-state index in [4.69, 9.17) is 0 Å². The van der Waals surface area contributed by atoms with Crippen molar-refractivity contribution in [3.05, 3.63) is 17.8 Å². The minimum absolute atomic E-state index is 0.202. The van der Waals surface area contributed by atoms with Crippen molar-refractivity contribution in [2.45, 2.75) is 90.9 Å². The van der Waals surface area contributed by atoms with Gasteiger partial charge in [-0.1, -0.05) is 13.8 Å². The summed E-state index contributed by atoms with van der Waals surface area (Å²) in [6.45, 7) is 12.9. The number of anilines is 1. The molecule has 2 fully saturated rings. The molecule has 0 amide bonds. The fourth-order valence-electron chi connectivity index (χ4n) is 3.63. The lowest BCUT2D eigenvalue weighted by Crippen LogP contribution is -2.57. The van der Waals surface area contributed by atoms with Gasteiger partial charge in [-0.15, -0.1) is 5.10 Å². The Morgan fingerprint density at radius 1 is 1.14 bits per heavy atom. The molecule has 22 heavy (non-hydrogen) atoms. The van der Waals surface area contributed by atoms with Crippen molar-refractivity contribution in [2.75, 3.05) is 4.90 Å². The van der Waals surface area contributed by atoms with Gasteiger partial charge in [0.05, 0.1) is 5.69 Å². The molecule has 2 heterocycles. The molecule has 2 unspecified atom stereocenters. The van der Waals surface area contributed by atoms with Crippen molar-refractivity contribution in [3.8, 4) is 0 Å². The second-order valence-corrected chi connectivity index (χ2v) is 7.19. The first-order valence-electron chi connectivity index (χ1n) is 8.81. The van der Waals surface area contributed by atoms with E-state index in [1.807, 2.05) is 20.8 Å². The Bertz CT molecular complexity index is 464. The van der Waals surface area contributed by atoms with E-state index in [0.717, 1.165) is 11.5 Å². The minimum Gasteiger partial charge on any atom is -0.349 e. The molecule has 0 bridgehead atoms. The monoisotopic (exact) mass is 304 g/mol. The lowest BCUT2D eigenvalue weighted by Gasteiger charge is -2.45. The van der Waals surface area contributed by atoms with E-state index in [1.54, 1.807) is 0 Å². The van der Waals surface area contributed by atoms with Crippen LogP contribution in [0.2, 0.25) is 0 Å². The minimum atomic E-state index is 0.202. The quantitative estimate of drug-likeness (QED) is 0.924. The molecule has 2 aliphatic rings. The molecule has 1 saturated heterocycles. The lowest BCUT2D eigenvalue weighted by molar-refractivity contribution is 0.221. The van der Waals surface area contributed by atoms with Gasteiger partial charge in [-0.2, -0.15) is 5.10 Å². The predicted molar refractivity (Wildman–Crippen MR) is 93.3 cm³/mol. The average Bonchev–Trinajstić information content (AvgIpc) is 3.26. The van der Waals surface area contributed by atoms with Gasteiger partial charge in [-0.05, 0) is 65.5 Å². The Morgan fingerprint density at radius 2 is 1.82 bits per heavy atom. The maximum Gasteiger partial charge on any atom is 0.151 e. The number of hydrogen-bond acceptors (Lipinski definition) is 4. The fourth-order valence-corrected chi connectivity index (χ4v) is 3.63. The molecule has 0 aromatic carbocycles. The Hall–Kier alpha value is -1.16. The molecule has 1 aromatic heterocycles. The van der Waals surface area contributed by atoms with Crippen LogP contribution in [0.5, 0.6) is 0 Å². The van der Waals surface area contributed by atoms with Crippen LogP contribution in [0.4, 0.5) is 5.82 Å². The topological polar surface area (TPSA) is 41.0 Å². The number of hydrogen-bond donors (Lipinski definition) is 1. The normalized spacial score (nSPS) is 26.8. The second-order valence-electron chi connectivity index (χ2n) is 7.19. The van der Waals surface area contributed by atoms with Gasteiger partial charge in [0.1, 0.15) is 0 Å². The van der Waals surface area contributed by atoms with Crippen LogP contribution in [-0.4, -0.2) is 33.9 Å². The summed E-state index contributed by atoms with van der Waals surface area (Å²) in [5.41, 5.74) is 1.19. The van der Waals surface area contributed by atoms with Gasteiger partial charge < -0.3 is 10.2 Å². The highest BCUT2D eigenvalue weighted by atomic mass is 15.3. The van der Waals surface area contributed by atoms with Gasteiger partial charge in [0.15, 0.2) is 5.82 Å². The highest BCUT2D eigenvalue weighted by molar-refractivity contribution is 5.42. The standard InChI is InChI=1S/C16H26N4.C2H6/c1-11-5-8-15(19-18-11)20(13-6-7-13)14-9-12(2)17-16(3,4)10-14;1-2/h5,8,12-14,17H,6-7,9-10H2,1-4H3;1-2H3. The van der Waals surface area contributed by atoms with Gasteiger partial charge in [0.25, 0.3) is 0 Å². The van der Waals surface area contributed by atoms with Crippen molar-refractivity contribution >= 4 is 5.82 Å². The molecule has 1 aliphatic heterocycles. The van der Waals surface area contributed by atoms with Crippen LogP contribution >= 0.6 is 0 Å². The molecule has 4 nitrogen and oxygen atoms in total. The highest BCUT2D eigenvalue weighted by Gasteiger charge is 2.40. The summed E-state index contributed by atoms with van der Waals surface area (Å²) in [6.07, 6.45) is 4.96. The Labute approximate surface area is 135 Å². The van der Waals surface area contributed by atoms with Crippen molar-refractivity contribution in [3.63, 3.8) is 0 Å². The molecule has 1 aliphatic carbocycles. The van der Waals surface area contributed by atoms with Crippen molar-refractivity contribution in [1.82, 2.24) is 15.5 Å². The molecule has 4 heteroatoms. The van der Waals surface area contributed by atoms with Crippen LogP contribution in [0.1, 0.15) is 66.0 Å². The third-order valence-electron chi connectivity index (χ3n) is 4.39. The second kappa shape index (κ2) is 6.95. The maximum atomic E-state index is 4.44. The number of nitrogens with one attached hydrogen (secondary N) is 1. The third kappa shape index (κ3) is 4.19. The van der Waals surface area contributed by atoms with Crippen LogP contribution in [0, 0.1) is 6.92 Å². The summed E-state index contributed by atoms with van der Waals surface area (Å²) in [5, 5.41) is 12.4. The number of piperidine rings is 1. The van der Waals surface area contributed by atoms with Gasteiger partial charge in [0.2, 0.25) is 0 Å². The van der Waals surface area contributed by atoms with Gasteiger partial charge in [-0.3, -0.25) is 0 Å². The molecule has 1 saturated carbocycles.